The normalized spacial score (nSPS) is 11.8. The van der Waals surface area contributed by atoms with Crippen molar-refractivity contribution in [3.63, 3.8) is 0 Å². The van der Waals surface area contributed by atoms with Gasteiger partial charge >= 0.3 is 6.09 Å². The molecule has 2 aromatic rings. The van der Waals surface area contributed by atoms with Gasteiger partial charge in [-0.25, -0.2) is 14.8 Å². The van der Waals surface area contributed by atoms with Gasteiger partial charge in [0.15, 0.2) is 5.65 Å². The molecule has 6 nitrogen and oxygen atoms in total. The van der Waals surface area contributed by atoms with E-state index in [2.05, 4.69) is 31.0 Å². The summed E-state index contributed by atoms with van der Waals surface area (Å²) in [6, 6.07) is 0. The molecule has 0 unspecified atom stereocenters. The maximum absolute atomic E-state index is 11.9. The number of fused-ring (bicyclic) bond motifs is 1. The summed E-state index contributed by atoms with van der Waals surface area (Å²) in [4.78, 5) is 19.8. The lowest BCUT2D eigenvalue weighted by molar-refractivity contribution is 0.0521. The van der Waals surface area contributed by atoms with Gasteiger partial charge in [-0.3, -0.25) is 0 Å². The molecular weight excluding hydrogens is 288 g/mol. The van der Waals surface area contributed by atoms with Crippen LogP contribution in [0, 0.1) is 0 Å². The molecule has 0 fully saturated rings. The largest absolute Gasteiger partial charge is 0.442 e. The van der Waals surface area contributed by atoms with E-state index >= 15 is 0 Å². The fraction of sp³-hybridized carbons (Fsp3) is 0.400. The van der Waals surface area contributed by atoms with Gasteiger partial charge in [-0.1, -0.05) is 0 Å². The summed E-state index contributed by atoms with van der Waals surface area (Å²) < 4.78 is 6.86. The van der Waals surface area contributed by atoms with E-state index in [1.807, 2.05) is 0 Å². The van der Waals surface area contributed by atoms with Gasteiger partial charge in [-0.2, -0.15) is 5.10 Å². The number of rotatable bonds is 0. The Morgan fingerprint density at radius 2 is 2.18 bits per heavy atom. The van der Waals surface area contributed by atoms with Crippen molar-refractivity contribution in [2.45, 2.75) is 26.4 Å². The molecule has 0 bridgehead atoms. The van der Waals surface area contributed by atoms with E-state index in [4.69, 9.17) is 4.74 Å². The second kappa shape index (κ2) is 4.06. The Labute approximate surface area is 106 Å². The van der Waals surface area contributed by atoms with Crippen molar-refractivity contribution in [2.75, 3.05) is 0 Å². The van der Waals surface area contributed by atoms with Crippen LogP contribution in [0.3, 0.4) is 0 Å². The molecule has 0 saturated heterocycles. The first-order valence-corrected chi connectivity index (χ1v) is 5.75. The maximum Gasteiger partial charge on any atom is 0.437 e. The summed E-state index contributed by atoms with van der Waals surface area (Å²) in [6.45, 7) is 5.38. The molecule has 0 atom stereocenters. The molecule has 0 aliphatic heterocycles. The third-order valence-electron chi connectivity index (χ3n) is 1.87. The van der Waals surface area contributed by atoms with E-state index in [9.17, 15) is 4.79 Å². The van der Waals surface area contributed by atoms with Gasteiger partial charge in [0.25, 0.3) is 0 Å². The quantitative estimate of drug-likeness (QED) is 0.747. The number of aromatic nitrogens is 4. The van der Waals surface area contributed by atoms with E-state index in [0.717, 1.165) is 4.68 Å². The number of hydrogen-bond acceptors (Lipinski definition) is 5. The Morgan fingerprint density at radius 1 is 1.47 bits per heavy atom. The van der Waals surface area contributed by atoms with Crippen LogP contribution in [0.25, 0.3) is 11.0 Å². The monoisotopic (exact) mass is 298 g/mol. The second-order valence-electron chi connectivity index (χ2n) is 4.44. The van der Waals surface area contributed by atoms with Crippen molar-refractivity contribution in [3.05, 3.63) is 17.1 Å². The van der Waals surface area contributed by atoms with E-state index in [1.54, 1.807) is 27.0 Å². The second-order valence-corrected chi connectivity index (χ2v) is 5.19. The minimum Gasteiger partial charge on any atom is -0.442 e. The molecule has 90 valence electrons. The zero-order chi connectivity index (χ0) is 12.6. The van der Waals surface area contributed by atoms with Crippen LogP contribution in [0.4, 0.5) is 4.79 Å². The van der Waals surface area contributed by atoms with Crippen LogP contribution in [-0.4, -0.2) is 31.4 Å². The molecule has 0 aromatic carbocycles. The lowest BCUT2D eigenvalue weighted by Gasteiger charge is -2.18. The van der Waals surface area contributed by atoms with Gasteiger partial charge < -0.3 is 4.74 Å². The fourth-order valence-electron chi connectivity index (χ4n) is 1.26. The van der Waals surface area contributed by atoms with E-state index in [-0.39, 0.29) is 0 Å². The molecule has 0 amide bonds. The number of carbonyl (C=O) groups is 1. The highest BCUT2D eigenvalue weighted by molar-refractivity contribution is 9.10. The lowest BCUT2D eigenvalue weighted by Crippen LogP contribution is -2.27. The molecule has 0 saturated carbocycles. The van der Waals surface area contributed by atoms with Gasteiger partial charge in [0, 0.05) is 6.20 Å². The minimum absolute atomic E-state index is 0.418. The summed E-state index contributed by atoms with van der Waals surface area (Å²) in [5.74, 6) is 0. The highest BCUT2D eigenvalue weighted by atomic mass is 79.9. The average molecular weight is 299 g/mol. The minimum atomic E-state index is -0.575. The van der Waals surface area contributed by atoms with Crippen LogP contribution in [0.1, 0.15) is 20.8 Å². The summed E-state index contributed by atoms with van der Waals surface area (Å²) in [5, 5.41) is 4.70. The smallest absolute Gasteiger partial charge is 0.437 e. The third kappa shape index (κ3) is 2.44. The molecule has 7 heteroatoms. The first-order chi connectivity index (χ1) is 7.88. The first-order valence-electron chi connectivity index (χ1n) is 4.96. The van der Waals surface area contributed by atoms with E-state index in [0.29, 0.717) is 15.6 Å². The molecule has 2 rings (SSSR count). The summed E-state index contributed by atoms with van der Waals surface area (Å²) in [7, 11) is 0. The van der Waals surface area contributed by atoms with Gasteiger partial charge in [0.05, 0.1) is 5.39 Å². The van der Waals surface area contributed by atoms with Crippen LogP contribution >= 0.6 is 15.9 Å². The first kappa shape index (κ1) is 12.0. The topological polar surface area (TPSA) is 69.9 Å². The predicted octanol–water partition coefficient (Wildman–Crippen LogP) is 2.37. The van der Waals surface area contributed by atoms with Crippen LogP contribution in [0.2, 0.25) is 0 Å². The Hall–Kier alpha value is -1.50. The Kier molecular flexibility index (Phi) is 2.86. The number of hydrogen-bond donors (Lipinski definition) is 0. The zero-order valence-electron chi connectivity index (χ0n) is 9.64. The molecule has 0 spiro atoms. The summed E-state index contributed by atoms with van der Waals surface area (Å²) >= 11 is 3.25. The van der Waals surface area contributed by atoms with Gasteiger partial charge in [-0.05, 0) is 36.7 Å². The van der Waals surface area contributed by atoms with Crippen molar-refractivity contribution in [2.24, 2.45) is 0 Å². The SMILES string of the molecule is CC(C)(C)OC(=O)n1nc(Br)c2cncnc21. The Bertz CT molecular complexity index is 573. The van der Waals surface area contributed by atoms with Gasteiger partial charge in [0.1, 0.15) is 16.5 Å². The Morgan fingerprint density at radius 3 is 2.82 bits per heavy atom. The number of ether oxygens (including phenoxy) is 1. The van der Waals surface area contributed by atoms with E-state index < -0.39 is 11.7 Å². The molecule has 0 radical (unpaired) electrons. The molecule has 2 heterocycles. The maximum atomic E-state index is 11.9. The number of carbonyl (C=O) groups excluding carboxylic acids is 1. The summed E-state index contributed by atoms with van der Waals surface area (Å²) in [5.41, 5.74) is -0.157. The lowest BCUT2D eigenvalue weighted by atomic mass is 10.2. The number of nitrogens with zero attached hydrogens (tertiary/aromatic N) is 4. The molecule has 17 heavy (non-hydrogen) atoms. The van der Waals surface area contributed by atoms with Crippen LogP contribution in [0.5, 0.6) is 0 Å². The fourth-order valence-corrected chi connectivity index (χ4v) is 1.70. The predicted molar refractivity (Wildman–Crippen MR) is 64.7 cm³/mol. The number of halogens is 1. The zero-order valence-corrected chi connectivity index (χ0v) is 11.2. The van der Waals surface area contributed by atoms with Gasteiger partial charge in [-0.15, -0.1) is 4.68 Å². The summed E-state index contributed by atoms with van der Waals surface area (Å²) in [6.07, 6.45) is 2.38. The molecule has 0 aliphatic rings. The van der Waals surface area contributed by atoms with Gasteiger partial charge in [0.2, 0.25) is 0 Å². The molecule has 2 aromatic heterocycles. The van der Waals surface area contributed by atoms with E-state index in [1.165, 1.54) is 6.33 Å². The molecular formula is C10H11BrN4O2. The van der Waals surface area contributed by atoms with Crippen LogP contribution in [0.15, 0.2) is 17.1 Å². The highest BCUT2D eigenvalue weighted by Gasteiger charge is 2.22. The highest BCUT2D eigenvalue weighted by Crippen LogP contribution is 2.21. The van der Waals surface area contributed by atoms with Crippen molar-refractivity contribution in [3.8, 4) is 0 Å². The molecule has 0 N–H and O–H groups in total. The molecule has 0 aliphatic carbocycles. The van der Waals surface area contributed by atoms with Crippen LogP contribution < -0.4 is 0 Å². The van der Waals surface area contributed by atoms with Crippen LogP contribution in [-0.2, 0) is 4.74 Å². The van der Waals surface area contributed by atoms with Crippen molar-refractivity contribution in [1.82, 2.24) is 19.7 Å². The van der Waals surface area contributed by atoms with Crippen molar-refractivity contribution >= 4 is 33.1 Å². The Balaban J connectivity index is 2.46. The van der Waals surface area contributed by atoms with Crippen molar-refractivity contribution in [1.29, 1.82) is 0 Å². The third-order valence-corrected chi connectivity index (χ3v) is 2.45. The van der Waals surface area contributed by atoms with Crippen molar-refractivity contribution < 1.29 is 9.53 Å². The average Bonchev–Trinajstić information content (AvgIpc) is 2.55. The standard InChI is InChI=1S/C10H11BrN4O2/c1-10(2,3)17-9(16)15-8-6(7(11)14-15)4-12-5-13-8/h4-5H,1-3H3.